The summed E-state index contributed by atoms with van der Waals surface area (Å²) in [5.74, 6) is -3.49. The molecular formula is C37H44FN7O7S2. The van der Waals surface area contributed by atoms with E-state index in [-0.39, 0.29) is 35.8 Å². The lowest BCUT2D eigenvalue weighted by Gasteiger charge is -2.30. The van der Waals surface area contributed by atoms with Crippen molar-refractivity contribution in [2.75, 3.05) is 6.54 Å². The molecule has 0 radical (unpaired) electrons. The minimum absolute atomic E-state index is 0.0161. The molecule has 4 aliphatic rings. The van der Waals surface area contributed by atoms with E-state index in [1.807, 2.05) is 26.0 Å². The highest BCUT2D eigenvalue weighted by Crippen LogP contribution is 2.47. The van der Waals surface area contributed by atoms with Crippen molar-refractivity contribution in [2.24, 2.45) is 5.92 Å². The van der Waals surface area contributed by atoms with Crippen molar-refractivity contribution in [2.45, 2.75) is 113 Å². The SMILES string of the molecule is CCc1nc2cccc(F)c2nc1O[C@@H]1C[C@H]2C(=O)N[C@]3(C(=O)NS(=O)(=O)C4(C)CC4)C[C@H]3/C=C\CCCCC[C@H](NC(=O)c3ncc(C)s3)C(=O)N2C1. The molecule has 4 heterocycles. The molecule has 14 nitrogen and oxygen atoms in total. The third-order valence-corrected chi connectivity index (χ3v) is 14.0. The van der Waals surface area contributed by atoms with Gasteiger partial charge in [-0.3, -0.25) is 23.9 Å². The van der Waals surface area contributed by atoms with Crippen molar-refractivity contribution in [1.29, 1.82) is 0 Å². The summed E-state index contributed by atoms with van der Waals surface area (Å²) in [4.78, 5) is 71.4. The third kappa shape index (κ3) is 7.44. The van der Waals surface area contributed by atoms with Gasteiger partial charge in [0.25, 0.3) is 11.8 Å². The van der Waals surface area contributed by atoms with E-state index in [1.165, 1.54) is 22.3 Å². The second-order valence-electron chi connectivity index (χ2n) is 14.9. The van der Waals surface area contributed by atoms with Crippen molar-refractivity contribution in [3.8, 4) is 5.88 Å². The summed E-state index contributed by atoms with van der Waals surface area (Å²) in [6.07, 6.45) is 9.06. The van der Waals surface area contributed by atoms with E-state index in [9.17, 15) is 32.0 Å². The fraction of sp³-hybridized carbons (Fsp3) is 0.541. The minimum Gasteiger partial charge on any atom is -0.471 e. The predicted octanol–water partition coefficient (Wildman–Crippen LogP) is 3.64. The zero-order chi connectivity index (χ0) is 38.4. The summed E-state index contributed by atoms with van der Waals surface area (Å²) in [5, 5.41) is 5.91. The maximum absolute atomic E-state index is 14.8. The van der Waals surface area contributed by atoms with Crippen molar-refractivity contribution < 1.29 is 36.7 Å². The van der Waals surface area contributed by atoms with Crippen LogP contribution >= 0.6 is 11.3 Å². The number of sulfonamides is 1. The lowest BCUT2D eigenvalue weighted by Crippen LogP contribution is -2.58. The lowest BCUT2D eigenvalue weighted by atomic mass is 10.0. The van der Waals surface area contributed by atoms with Crippen LogP contribution in [0.3, 0.4) is 0 Å². The number of para-hydroxylation sites is 1. The van der Waals surface area contributed by atoms with Gasteiger partial charge in [-0.15, -0.1) is 11.3 Å². The Labute approximate surface area is 316 Å². The van der Waals surface area contributed by atoms with Gasteiger partial charge in [-0.1, -0.05) is 38.0 Å². The lowest BCUT2D eigenvalue weighted by molar-refractivity contribution is -0.141. The van der Waals surface area contributed by atoms with Crippen LogP contribution in [0.5, 0.6) is 5.88 Å². The van der Waals surface area contributed by atoms with Gasteiger partial charge in [0.1, 0.15) is 34.9 Å². The van der Waals surface area contributed by atoms with E-state index in [0.29, 0.717) is 49.7 Å². The molecule has 2 aromatic heterocycles. The third-order valence-electron chi connectivity index (χ3n) is 10.9. The number of ether oxygens (including phenoxy) is 1. The molecule has 0 bridgehead atoms. The van der Waals surface area contributed by atoms with Crippen LogP contribution in [0.4, 0.5) is 4.39 Å². The van der Waals surface area contributed by atoms with Crippen LogP contribution in [0, 0.1) is 18.7 Å². The molecule has 1 saturated heterocycles. The van der Waals surface area contributed by atoms with Gasteiger partial charge >= 0.3 is 0 Å². The standard InChI is InChI=1S/C37H44FN7O7S2/c1-4-25-32(42-29-24(38)12-10-14-26(29)40-25)52-23-17-28-30(46)43-37(35(49)44-54(50,51)36(3)15-16-36)18-22(37)11-8-6-5-7-9-13-27(34(48)45(28)20-23)41-31(47)33-39-19-21(2)53-33/h8,10-12,14,19,22-23,27-28H,4-7,9,13,15-18,20H2,1-3H3,(H,41,47)(H,43,46)(H,44,49)/b11-8-/t22-,23-,27+,28+,37-/m1/s1. The van der Waals surface area contributed by atoms with Gasteiger partial charge in [-0.2, -0.15) is 0 Å². The van der Waals surface area contributed by atoms with E-state index in [0.717, 1.165) is 17.7 Å². The highest BCUT2D eigenvalue weighted by atomic mass is 32.2. The Morgan fingerprint density at radius 2 is 1.96 bits per heavy atom. The van der Waals surface area contributed by atoms with Crippen molar-refractivity contribution in [1.82, 2.24) is 35.2 Å². The van der Waals surface area contributed by atoms with Crippen LogP contribution in [0.25, 0.3) is 11.0 Å². The number of aromatic nitrogens is 3. The van der Waals surface area contributed by atoms with Gasteiger partial charge in [0.05, 0.1) is 16.8 Å². The first-order valence-electron chi connectivity index (χ1n) is 18.4. The second-order valence-corrected chi connectivity index (χ2v) is 18.4. The number of allylic oxidation sites excluding steroid dienone is 1. The molecule has 5 atom stereocenters. The molecule has 2 saturated carbocycles. The largest absolute Gasteiger partial charge is 0.471 e. The number of halogens is 1. The summed E-state index contributed by atoms with van der Waals surface area (Å²) in [7, 11) is -4.01. The number of nitrogens with zero attached hydrogens (tertiary/aromatic N) is 4. The molecule has 0 unspecified atom stereocenters. The van der Waals surface area contributed by atoms with Crippen LogP contribution < -0.4 is 20.1 Å². The topological polar surface area (TPSA) is 190 Å². The van der Waals surface area contributed by atoms with Crippen molar-refractivity contribution in [3.05, 3.63) is 57.9 Å². The van der Waals surface area contributed by atoms with Gasteiger partial charge in [0.15, 0.2) is 10.8 Å². The molecule has 1 aromatic carbocycles. The van der Waals surface area contributed by atoms with Gasteiger partial charge in [-0.05, 0) is 70.9 Å². The quantitative estimate of drug-likeness (QED) is 0.285. The number of nitrogens with one attached hydrogen (secondary N) is 3. The van der Waals surface area contributed by atoms with Gasteiger partial charge in [0.2, 0.25) is 27.7 Å². The minimum atomic E-state index is -4.01. The number of hydrogen-bond donors (Lipinski definition) is 3. The van der Waals surface area contributed by atoms with Crippen LogP contribution in [0.15, 0.2) is 36.5 Å². The number of amides is 4. The Morgan fingerprint density at radius 1 is 1.17 bits per heavy atom. The van der Waals surface area contributed by atoms with Gasteiger partial charge in [0, 0.05) is 23.4 Å². The molecule has 288 valence electrons. The number of carbonyl (C=O) groups excluding carboxylic acids is 4. The summed E-state index contributed by atoms with van der Waals surface area (Å²) in [6, 6.07) is 2.28. The summed E-state index contributed by atoms with van der Waals surface area (Å²) in [6.45, 7) is 5.16. The molecule has 17 heteroatoms. The number of benzene rings is 1. The molecule has 4 amide bonds. The zero-order valence-electron chi connectivity index (χ0n) is 30.4. The first-order valence-corrected chi connectivity index (χ1v) is 20.7. The zero-order valence-corrected chi connectivity index (χ0v) is 32.0. The number of fused-ring (bicyclic) bond motifs is 3. The Bertz CT molecular complexity index is 2140. The van der Waals surface area contributed by atoms with E-state index < -0.39 is 73.9 Å². The van der Waals surface area contributed by atoms with Crippen LogP contribution in [0.2, 0.25) is 0 Å². The fourth-order valence-corrected chi connectivity index (χ4v) is 9.15. The summed E-state index contributed by atoms with van der Waals surface area (Å²) >= 11 is 1.20. The fourth-order valence-electron chi connectivity index (χ4n) is 7.17. The molecule has 54 heavy (non-hydrogen) atoms. The van der Waals surface area contributed by atoms with Gasteiger partial charge in [-0.25, -0.2) is 27.8 Å². The van der Waals surface area contributed by atoms with Crippen LogP contribution in [-0.2, 0) is 30.8 Å². The Morgan fingerprint density at radius 3 is 2.69 bits per heavy atom. The first-order chi connectivity index (χ1) is 25.7. The normalized spacial score (nSPS) is 27.4. The number of rotatable bonds is 8. The van der Waals surface area contributed by atoms with Crippen molar-refractivity contribution >= 4 is 56.0 Å². The second kappa shape index (κ2) is 14.6. The van der Waals surface area contributed by atoms with E-state index in [2.05, 4.69) is 30.3 Å². The number of thiazole rings is 1. The molecule has 2 aliphatic carbocycles. The maximum atomic E-state index is 14.8. The number of aryl methyl sites for hydroxylation is 2. The molecule has 3 fully saturated rings. The number of hydrogen-bond acceptors (Lipinski definition) is 11. The molecule has 0 spiro atoms. The Hall–Kier alpha value is -4.51. The Balaban J connectivity index is 1.21. The molecule has 7 rings (SSSR count). The summed E-state index contributed by atoms with van der Waals surface area (Å²) < 4.78 is 48.6. The molecule has 3 N–H and O–H groups in total. The average molecular weight is 782 g/mol. The number of carbonyl (C=O) groups is 4. The van der Waals surface area contributed by atoms with E-state index in [1.54, 1.807) is 25.3 Å². The highest BCUT2D eigenvalue weighted by Gasteiger charge is 2.63. The Kier molecular flexibility index (Phi) is 10.2. The van der Waals surface area contributed by atoms with E-state index in [4.69, 9.17) is 4.74 Å². The smallest absolute Gasteiger partial charge is 0.280 e. The van der Waals surface area contributed by atoms with E-state index >= 15 is 0 Å². The molecular weight excluding hydrogens is 738 g/mol. The highest BCUT2D eigenvalue weighted by molar-refractivity contribution is 7.91. The molecule has 3 aromatic rings. The average Bonchev–Trinajstić information content (AvgIpc) is 3.94. The predicted molar refractivity (Wildman–Crippen MR) is 197 cm³/mol. The van der Waals surface area contributed by atoms with Crippen LogP contribution in [-0.4, -0.2) is 86.9 Å². The monoisotopic (exact) mass is 781 g/mol. The first kappa shape index (κ1) is 37.8. The van der Waals surface area contributed by atoms with Crippen molar-refractivity contribution in [3.63, 3.8) is 0 Å². The summed E-state index contributed by atoms with van der Waals surface area (Å²) in [5.41, 5.74) is -0.711. The maximum Gasteiger partial charge on any atom is 0.280 e. The molecule has 2 aliphatic heterocycles. The van der Waals surface area contributed by atoms with Gasteiger partial charge < -0.3 is 20.3 Å². The van der Waals surface area contributed by atoms with Crippen LogP contribution in [0.1, 0.15) is 92.0 Å².